The third-order valence-corrected chi connectivity index (χ3v) is 2.96. The Kier molecular flexibility index (Phi) is 4.10. The molecule has 0 aromatic heterocycles. The number of nitrogen functional groups attached to an aromatic ring is 1. The number of nitrogens with two attached hydrogens (primary N) is 1. The summed E-state index contributed by atoms with van der Waals surface area (Å²) >= 11 is 3.43. The summed E-state index contributed by atoms with van der Waals surface area (Å²) in [5.74, 6) is 1.33. The van der Waals surface area contributed by atoms with Crippen molar-refractivity contribution in [2.75, 3.05) is 12.8 Å². The van der Waals surface area contributed by atoms with Crippen LogP contribution in [0.2, 0.25) is 0 Å². The van der Waals surface area contributed by atoms with Crippen LogP contribution in [0.1, 0.15) is 5.56 Å². The third-order valence-electron chi connectivity index (χ3n) is 2.47. The molecule has 0 atom stereocenters. The average Bonchev–Trinajstić information content (AvgIpc) is 2.37. The van der Waals surface area contributed by atoms with Gasteiger partial charge in [-0.2, -0.15) is 0 Å². The van der Waals surface area contributed by atoms with Gasteiger partial charge in [0.25, 0.3) is 0 Å². The predicted octanol–water partition coefficient (Wildman–Crippen LogP) is 3.62. The fourth-order valence-electron chi connectivity index (χ4n) is 1.59. The molecule has 0 aliphatic heterocycles. The highest BCUT2D eigenvalue weighted by molar-refractivity contribution is 9.10. The molecule has 0 radical (unpaired) electrons. The van der Waals surface area contributed by atoms with E-state index in [-0.39, 0.29) is 0 Å². The molecule has 0 fully saturated rings. The molecule has 0 saturated carbocycles. The number of hydrogen-bond acceptors (Lipinski definition) is 3. The van der Waals surface area contributed by atoms with Crippen molar-refractivity contribution in [1.29, 1.82) is 0 Å². The Morgan fingerprint density at radius 3 is 2.67 bits per heavy atom. The summed E-state index contributed by atoms with van der Waals surface area (Å²) < 4.78 is 12.0. The lowest BCUT2D eigenvalue weighted by atomic mass is 10.2. The van der Waals surface area contributed by atoms with Crippen LogP contribution in [0.3, 0.4) is 0 Å². The molecule has 2 rings (SSSR count). The van der Waals surface area contributed by atoms with Crippen LogP contribution in [0, 0.1) is 0 Å². The van der Waals surface area contributed by atoms with Gasteiger partial charge in [-0.25, -0.2) is 0 Å². The van der Waals surface area contributed by atoms with E-state index in [2.05, 4.69) is 15.9 Å². The first-order chi connectivity index (χ1) is 8.69. The van der Waals surface area contributed by atoms with Crippen LogP contribution in [-0.2, 0) is 6.61 Å². The molecule has 2 aromatic carbocycles. The van der Waals surface area contributed by atoms with Crippen molar-refractivity contribution in [3.05, 3.63) is 52.5 Å². The molecule has 0 bridgehead atoms. The molecule has 94 valence electrons. The van der Waals surface area contributed by atoms with Crippen LogP contribution in [-0.4, -0.2) is 7.11 Å². The maximum Gasteiger partial charge on any atom is 0.162 e. The van der Waals surface area contributed by atoms with Crippen LogP contribution in [0.4, 0.5) is 5.69 Å². The summed E-state index contributed by atoms with van der Waals surface area (Å²) in [4.78, 5) is 0. The maximum absolute atomic E-state index is 5.72. The van der Waals surface area contributed by atoms with Crippen molar-refractivity contribution in [2.24, 2.45) is 0 Å². The molecule has 0 heterocycles. The molecule has 4 heteroatoms. The van der Waals surface area contributed by atoms with E-state index in [1.165, 1.54) is 0 Å². The Morgan fingerprint density at radius 2 is 1.94 bits per heavy atom. The van der Waals surface area contributed by atoms with Crippen molar-refractivity contribution in [3.63, 3.8) is 0 Å². The number of ether oxygens (including phenoxy) is 2. The number of anilines is 1. The molecule has 0 unspecified atom stereocenters. The van der Waals surface area contributed by atoms with Gasteiger partial charge in [0, 0.05) is 16.2 Å². The summed E-state index contributed by atoms with van der Waals surface area (Å²) in [7, 11) is 1.60. The van der Waals surface area contributed by atoms with Crippen LogP contribution < -0.4 is 15.2 Å². The lowest BCUT2D eigenvalue weighted by Crippen LogP contribution is -1.98. The lowest BCUT2D eigenvalue weighted by Gasteiger charge is -2.11. The van der Waals surface area contributed by atoms with Gasteiger partial charge in [-0.3, -0.25) is 0 Å². The van der Waals surface area contributed by atoms with E-state index in [0.717, 1.165) is 10.0 Å². The molecule has 0 aliphatic carbocycles. The van der Waals surface area contributed by atoms with Crippen molar-refractivity contribution in [2.45, 2.75) is 6.61 Å². The fourth-order valence-corrected chi connectivity index (χ4v) is 2.04. The third kappa shape index (κ3) is 3.17. The number of halogens is 1. The van der Waals surface area contributed by atoms with Crippen molar-refractivity contribution in [3.8, 4) is 11.5 Å². The van der Waals surface area contributed by atoms with Gasteiger partial charge in [-0.05, 0) is 29.8 Å². The smallest absolute Gasteiger partial charge is 0.162 e. The van der Waals surface area contributed by atoms with Crippen molar-refractivity contribution in [1.82, 2.24) is 0 Å². The Morgan fingerprint density at radius 1 is 1.11 bits per heavy atom. The second-order valence-electron chi connectivity index (χ2n) is 3.83. The van der Waals surface area contributed by atoms with Crippen LogP contribution in [0.25, 0.3) is 0 Å². The number of benzene rings is 2. The first-order valence-corrected chi connectivity index (χ1v) is 6.29. The molecule has 2 N–H and O–H groups in total. The summed E-state index contributed by atoms with van der Waals surface area (Å²) in [6, 6.07) is 13.3. The van der Waals surface area contributed by atoms with E-state index in [4.69, 9.17) is 15.2 Å². The molecule has 18 heavy (non-hydrogen) atoms. The largest absolute Gasteiger partial charge is 0.493 e. The fraction of sp³-hybridized carbons (Fsp3) is 0.143. The molecule has 0 spiro atoms. The zero-order valence-corrected chi connectivity index (χ0v) is 11.6. The van der Waals surface area contributed by atoms with Crippen molar-refractivity contribution >= 4 is 21.6 Å². The zero-order valence-electron chi connectivity index (χ0n) is 10.0. The average molecular weight is 308 g/mol. The normalized spacial score (nSPS) is 10.1. The second-order valence-corrected chi connectivity index (χ2v) is 4.74. The minimum Gasteiger partial charge on any atom is -0.493 e. The standard InChI is InChI=1S/C14H14BrNO2/c1-17-14-8-12(16)5-6-13(14)18-9-10-3-2-4-11(15)7-10/h2-8H,9,16H2,1H3. The Bertz CT molecular complexity index is 543. The monoisotopic (exact) mass is 307 g/mol. The Balaban J connectivity index is 2.10. The number of hydrogen-bond donors (Lipinski definition) is 1. The summed E-state index contributed by atoms with van der Waals surface area (Å²) in [5, 5.41) is 0. The van der Waals surface area contributed by atoms with Gasteiger partial charge in [-0.1, -0.05) is 28.1 Å². The summed E-state index contributed by atoms with van der Waals surface area (Å²) in [6.45, 7) is 0.486. The van der Waals surface area contributed by atoms with E-state index in [0.29, 0.717) is 23.8 Å². The maximum atomic E-state index is 5.72. The van der Waals surface area contributed by atoms with Gasteiger partial charge in [-0.15, -0.1) is 0 Å². The molecule has 0 saturated heterocycles. The number of rotatable bonds is 4. The molecular weight excluding hydrogens is 294 g/mol. The van der Waals surface area contributed by atoms with E-state index in [1.54, 1.807) is 19.2 Å². The predicted molar refractivity (Wildman–Crippen MR) is 75.9 cm³/mol. The van der Waals surface area contributed by atoms with Crippen LogP contribution >= 0.6 is 15.9 Å². The van der Waals surface area contributed by atoms with Crippen LogP contribution in [0.15, 0.2) is 46.9 Å². The van der Waals surface area contributed by atoms with Gasteiger partial charge in [0.1, 0.15) is 6.61 Å². The summed E-state index contributed by atoms with van der Waals surface area (Å²) in [5.41, 5.74) is 7.43. The van der Waals surface area contributed by atoms with Gasteiger partial charge >= 0.3 is 0 Å². The van der Waals surface area contributed by atoms with Gasteiger partial charge in [0.15, 0.2) is 11.5 Å². The van der Waals surface area contributed by atoms with Gasteiger partial charge in [0.2, 0.25) is 0 Å². The quantitative estimate of drug-likeness (QED) is 0.877. The Labute approximate surface area is 115 Å². The van der Waals surface area contributed by atoms with Gasteiger partial charge in [0.05, 0.1) is 7.11 Å². The lowest BCUT2D eigenvalue weighted by molar-refractivity contribution is 0.284. The zero-order chi connectivity index (χ0) is 13.0. The summed E-state index contributed by atoms with van der Waals surface area (Å²) in [6.07, 6.45) is 0. The topological polar surface area (TPSA) is 44.5 Å². The highest BCUT2D eigenvalue weighted by atomic mass is 79.9. The van der Waals surface area contributed by atoms with E-state index >= 15 is 0 Å². The van der Waals surface area contributed by atoms with E-state index < -0.39 is 0 Å². The highest BCUT2D eigenvalue weighted by Crippen LogP contribution is 2.29. The molecule has 0 aliphatic rings. The number of methoxy groups -OCH3 is 1. The Hall–Kier alpha value is -1.68. The minimum absolute atomic E-state index is 0.486. The van der Waals surface area contributed by atoms with E-state index in [9.17, 15) is 0 Å². The molecule has 2 aromatic rings. The van der Waals surface area contributed by atoms with E-state index in [1.807, 2.05) is 30.3 Å². The second kappa shape index (κ2) is 5.78. The minimum atomic E-state index is 0.486. The van der Waals surface area contributed by atoms with Crippen LogP contribution in [0.5, 0.6) is 11.5 Å². The van der Waals surface area contributed by atoms with Crippen molar-refractivity contribution < 1.29 is 9.47 Å². The molecular formula is C14H14BrNO2. The highest BCUT2D eigenvalue weighted by Gasteiger charge is 2.05. The first-order valence-electron chi connectivity index (χ1n) is 5.50. The first kappa shape index (κ1) is 12.8. The van der Waals surface area contributed by atoms with Gasteiger partial charge < -0.3 is 15.2 Å². The SMILES string of the molecule is COc1cc(N)ccc1OCc1cccc(Br)c1. The molecule has 0 amide bonds. The molecule has 3 nitrogen and oxygen atoms in total.